The zero-order valence-electron chi connectivity index (χ0n) is 13.0. The number of carbonyl (C=O) groups excluding carboxylic acids is 1. The fourth-order valence-electron chi connectivity index (χ4n) is 3.11. The van der Waals surface area contributed by atoms with Crippen molar-refractivity contribution >= 4 is 17.5 Å². The summed E-state index contributed by atoms with van der Waals surface area (Å²) in [5.74, 6) is 0.0451. The summed E-state index contributed by atoms with van der Waals surface area (Å²) < 4.78 is 0. The molecule has 3 nitrogen and oxygen atoms in total. The number of amides is 1. The van der Waals surface area contributed by atoms with Crippen LogP contribution in [0.15, 0.2) is 24.3 Å². The van der Waals surface area contributed by atoms with E-state index in [1.54, 1.807) is 13.8 Å². The molecule has 1 N–H and O–H groups in total. The predicted octanol–water partition coefficient (Wildman–Crippen LogP) is 3.28. The molecule has 0 bridgehead atoms. The monoisotopic (exact) mass is 309 g/mol. The van der Waals surface area contributed by atoms with Crippen molar-refractivity contribution < 1.29 is 9.90 Å². The van der Waals surface area contributed by atoms with Crippen LogP contribution in [0.25, 0.3) is 0 Å². The van der Waals surface area contributed by atoms with Gasteiger partial charge in [-0.05, 0) is 50.8 Å². The van der Waals surface area contributed by atoms with Crippen molar-refractivity contribution in [2.24, 2.45) is 5.92 Å². The summed E-state index contributed by atoms with van der Waals surface area (Å²) in [5, 5.41) is 10.9. The summed E-state index contributed by atoms with van der Waals surface area (Å²) in [7, 11) is 0. The zero-order valence-corrected chi connectivity index (χ0v) is 13.7. The van der Waals surface area contributed by atoms with Gasteiger partial charge < -0.3 is 10.0 Å². The molecule has 0 radical (unpaired) electrons. The lowest BCUT2D eigenvalue weighted by molar-refractivity contribution is -0.140. The van der Waals surface area contributed by atoms with Crippen LogP contribution in [0, 0.1) is 5.92 Å². The molecule has 0 aliphatic carbocycles. The van der Waals surface area contributed by atoms with Gasteiger partial charge in [-0.2, -0.15) is 0 Å². The van der Waals surface area contributed by atoms with Crippen LogP contribution in [0.4, 0.5) is 0 Å². The Labute approximate surface area is 131 Å². The fraction of sp³-hybridized carbons (Fsp3) is 0.588. The van der Waals surface area contributed by atoms with E-state index >= 15 is 0 Å². The molecule has 0 saturated carbocycles. The van der Waals surface area contributed by atoms with Gasteiger partial charge in [-0.1, -0.05) is 30.7 Å². The van der Waals surface area contributed by atoms with E-state index in [1.807, 2.05) is 36.1 Å². The number of carbonyl (C=O) groups is 1. The number of likely N-dealkylation sites (tertiary alicyclic amines) is 1. The van der Waals surface area contributed by atoms with Crippen LogP contribution in [0.2, 0.25) is 5.02 Å². The molecular weight excluding hydrogens is 286 g/mol. The second-order valence-corrected chi connectivity index (χ2v) is 7.01. The SMILES string of the molecule is CC(Cc1ccc(Cl)cc1)C(=O)N1CCCC1C(C)(C)O. The van der Waals surface area contributed by atoms with Crippen molar-refractivity contribution in [3.63, 3.8) is 0 Å². The molecule has 0 spiro atoms. The standard InChI is InChI=1S/C17H24ClNO2/c1-12(11-13-6-8-14(18)9-7-13)16(20)19-10-4-5-15(19)17(2,3)21/h6-9,12,15,21H,4-5,10-11H2,1-3H3. The van der Waals surface area contributed by atoms with Crippen LogP contribution in [-0.4, -0.2) is 34.1 Å². The smallest absolute Gasteiger partial charge is 0.226 e. The highest BCUT2D eigenvalue weighted by atomic mass is 35.5. The van der Waals surface area contributed by atoms with Crippen molar-refractivity contribution in [2.75, 3.05) is 6.54 Å². The molecule has 1 aromatic rings. The van der Waals surface area contributed by atoms with E-state index in [0.717, 1.165) is 24.9 Å². The van der Waals surface area contributed by atoms with Crippen LogP contribution in [0.1, 0.15) is 39.2 Å². The lowest BCUT2D eigenvalue weighted by Crippen LogP contribution is -2.49. The zero-order chi connectivity index (χ0) is 15.6. The third-order valence-electron chi connectivity index (χ3n) is 4.23. The van der Waals surface area contributed by atoms with E-state index in [1.165, 1.54) is 0 Å². The highest BCUT2D eigenvalue weighted by Crippen LogP contribution is 2.28. The third kappa shape index (κ3) is 3.98. The van der Waals surface area contributed by atoms with Gasteiger partial charge in [-0.15, -0.1) is 0 Å². The topological polar surface area (TPSA) is 40.5 Å². The van der Waals surface area contributed by atoms with E-state index in [0.29, 0.717) is 11.4 Å². The summed E-state index contributed by atoms with van der Waals surface area (Å²) >= 11 is 5.88. The van der Waals surface area contributed by atoms with Gasteiger partial charge in [0.1, 0.15) is 0 Å². The van der Waals surface area contributed by atoms with Crippen molar-refractivity contribution in [1.29, 1.82) is 0 Å². The van der Waals surface area contributed by atoms with Gasteiger partial charge in [0.05, 0.1) is 11.6 Å². The molecule has 1 heterocycles. The van der Waals surface area contributed by atoms with Crippen LogP contribution in [0.5, 0.6) is 0 Å². The first-order valence-electron chi connectivity index (χ1n) is 7.56. The van der Waals surface area contributed by atoms with Gasteiger partial charge in [0.2, 0.25) is 5.91 Å². The minimum absolute atomic E-state index is 0.0716. The summed E-state index contributed by atoms with van der Waals surface area (Å²) in [4.78, 5) is 14.5. The molecule has 2 rings (SSSR count). The molecular formula is C17H24ClNO2. The van der Waals surface area contributed by atoms with Crippen molar-refractivity contribution in [1.82, 2.24) is 4.90 Å². The number of aliphatic hydroxyl groups is 1. The Morgan fingerprint density at radius 1 is 1.43 bits per heavy atom. The van der Waals surface area contributed by atoms with Gasteiger partial charge in [0, 0.05) is 17.5 Å². The van der Waals surface area contributed by atoms with E-state index in [2.05, 4.69) is 0 Å². The van der Waals surface area contributed by atoms with Gasteiger partial charge in [0.25, 0.3) is 0 Å². The average molecular weight is 310 g/mol. The molecule has 1 amide bonds. The number of hydrogen-bond donors (Lipinski definition) is 1. The molecule has 1 aliphatic rings. The fourth-order valence-corrected chi connectivity index (χ4v) is 3.24. The molecule has 1 aromatic carbocycles. The second-order valence-electron chi connectivity index (χ2n) is 6.57. The molecule has 1 fully saturated rings. The second kappa shape index (κ2) is 6.37. The number of nitrogens with zero attached hydrogens (tertiary/aromatic N) is 1. The number of hydrogen-bond acceptors (Lipinski definition) is 2. The lowest BCUT2D eigenvalue weighted by atomic mass is 9.94. The first-order valence-corrected chi connectivity index (χ1v) is 7.94. The number of benzene rings is 1. The molecule has 2 unspecified atom stereocenters. The molecule has 1 saturated heterocycles. The Morgan fingerprint density at radius 3 is 2.62 bits per heavy atom. The highest BCUT2D eigenvalue weighted by molar-refractivity contribution is 6.30. The van der Waals surface area contributed by atoms with Crippen molar-refractivity contribution in [3.05, 3.63) is 34.9 Å². The maximum Gasteiger partial charge on any atom is 0.226 e. The quantitative estimate of drug-likeness (QED) is 0.927. The molecule has 4 heteroatoms. The summed E-state index contributed by atoms with van der Waals surface area (Å²) in [6.07, 6.45) is 2.54. The molecule has 116 valence electrons. The largest absolute Gasteiger partial charge is 0.388 e. The van der Waals surface area contributed by atoms with Crippen LogP contribution < -0.4 is 0 Å². The summed E-state index contributed by atoms with van der Waals surface area (Å²) in [6, 6.07) is 7.55. The van der Waals surface area contributed by atoms with E-state index in [9.17, 15) is 9.90 Å². The Hall–Kier alpha value is -1.06. The van der Waals surface area contributed by atoms with Crippen LogP contribution in [0.3, 0.4) is 0 Å². The first kappa shape index (κ1) is 16.3. The number of halogens is 1. The van der Waals surface area contributed by atoms with Gasteiger partial charge >= 0.3 is 0 Å². The first-order chi connectivity index (χ1) is 9.79. The number of rotatable bonds is 4. The summed E-state index contributed by atoms with van der Waals surface area (Å²) in [6.45, 7) is 6.27. The Morgan fingerprint density at radius 2 is 2.05 bits per heavy atom. The Bertz CT molecular complexity index is 493. The van der Waals surface area contributed by atoms with Crippen molar-refractivity contribution in [2.45, 2.75) is 51.7 Å². The van der Waals surface area contributed by atoms with Crippen LogP contribution >= 0.6 is 11.6 Å². The minimum atomic E-state index is -0.841. The molecule has 1 aliphatic heterocycles. The molecule has 2 atom stereocenters. The Kier molecular flexibility index (Phi) is 4.95. The normalized spacial score (nSPS) is 20.6. The summed E-state index contributed by atoms with van der Waals surface area (Å²) in [5.41, 5.74) is 0.269. The average Bonchev–Trinajstić information content (AvgIpc) is 2.89. The molecule has 0 aromatic heterocycles. The van der Waals surface area contributed by atoms with E-state index in [-0.39, 0.29) is 17.9 Å². The third-order valence-corrected chi connectivity index (χ3v) is 4.48. The van der Waals surface area contributed by atoms with E-state index in [4.69, 9.17) is 11.6 Å². The predicted molar refractivity (Wildman–Crippen MR) is 85.4 cm³/mol. The van der Waals surface area contributed by atoms with Gasteiger partial charge in [-0.3, -0.25) is 4.79 Å². The maximum atomic E-state index is 12.7. The highest BCUT2D eigenvalue weighted by Gasteiger charge is 2.39. The van der Waals surface area contributed by atoms with Crippen molar-refractivity contribution in [3.8, 4) is 0 Å². The molecule has 21 heavy (non-hydrogen) atoms. The lowest BCUT2D eigenvalue weighted by Gasteiger charge is -2.35. The van der Waals surface area contributed by atoms with Gasteiger partial charge in [0.15, 0.2) is 0 Å². The van der Waals surface area contributed by atoms with E-state index < -0.39 is 5.60 Å². The van der Waals surface area contributed by atoms with Gasteiger partial charge in [-0.25, -0.2) is 0 Å². The Balaban J connectivity index is 2.03. The maximum absolute atomic E-state index is 12.7. The van der Waals surface area contributed by atoms with Crippen LogP contribution in [-0.2, 0) is 11.2 Å². The minimum Gasteiger partial charge on any atom is -0.388 e.